The lowest BCUT2D eigenvalue weighted by Gasteiger charge is -2.26. The number of amides is 3. The van der Waals surface area contributed by atoms with Crippen LogP contribution in [0.25, 0.3) is 0 Å². The molecule has 0 saturated carbocycles. The fraction of sp³-hybridized carbons (Fsp3) is 0.542. The van der Waals surface area contributed by atoms with E-state index in [2.05, 4.69) is 22.2 Å². The second-order valence-corrected chi connectivity index (χ2v) is 12.2. The van der Waals surface area contributed by atoms with Crippen LogP contribution in [-0.2, 0) is 14.9 Å². The molecule has 1 unspecified atom stereocenters. The lowest BCUT2D eigenvalue weighted by molar-refractivity contribution is -0.135. The Morgan fingerprint density at radius 3 is 2.86 bits per heavy atom. The zero-order valence-corrected chi connectivity index (χ0v) is 22.2. The summed E-state index contributed by atoms with van der Waals surface area (Å²) in [6, 6.07) is 5.65. The van der Waals surface area contributed by atoms with Crippen molar-refractivity contribution in [3.8, 4) is 0 Å². The lowest BCUT2D eigenvalue weighted by Crippen LogP contribution is -2.40. The van der Waals surface area contributed by atoms with Crippen LogP contribution in [0.2, 0.25) is 5.02 Å². The number of nitrogens with zero attached hydrogens (tertiary/aromatic N) is 4. The Bertz CT molecular complexity index is 1090. The van der Waals surface area contributed by atoms with Gasteiger partial charge < -0.3 is 14.5 Å². The van der Waals surface area contributed by atoms with Gasteiger partial charge in [0, 0.05) is 48.7 Å². The molecule has 2 saturated heterocycles. The summed E-state index contributed by atoms with van der Waals surface area (Å²) < 4.78 is 6.33. The number of hydrogen-bond acceptors (Lipinski definition) is 7. The number of likely N-dealkylation sites (tertiary alicyclic amines) is 1. The summed E-state index contributed by atoms with van der Waals surface area (Å²) in [6.07, 6.45) is 4.15. The number of thiazole rings is 1. The van der Waals surface area contributed by atoms with E-state index in [-0.39, 0.29) is 17.4 Å². The van der Waals surface area contributed by atoms with Crippen LogP contribution in [0.3, 0.4) is 0 Å². The molecule has 1 spiro atoms. The second-order valence-electron chi connectivity index (χ2n) is 9.38. The van der Waals surface area contributed by atoms with Crippen molar-refractivity contribution in [2.45, 2.75) is 28.9 Å². The van der Waals surface area contributed by atoms with Crippen molar-refractivity contribution in [1.82, 2.24) is 14.8 Å². The molecule has 8 nitrogen and oxygen atoms in total. The molecule has 0 radical (unpaired) electrons. The number of likely N-dealkylation sites (N-methyl/N-ethyl adjacent to an activating group) is 1. The van der Waals surface area contributed by atoms with Gasteiger partial charge in [-0.05, 0) is 55.9 Å². The third kappa shape index (κ3) is 5.46. The van der Waals surface area contributed by atoms with Crippen LogP contribution >= 0.6 is 34.7 Å². The van der Waals surface area contributed by atoms with Gasteiger partial charge in [0.2, 0.25) is 5.91 Å². The van der Waals surface area contributed by atoms with E-state index in [1.807, 2.05) is 28.0 Å². The number of benzene rings is 1. The molecular formula is C24H30ClN5O3S2. The Morgan fingerprint density at radius 1 is 1.26 bits per heavy atom. The van der Waals surface area contributed by atoms with E-state index in [0.717, 1.165) is 47.1 Å². The first-order chi connectivity index (χ1) is 16.9. The van der Waals surface area contributed by atoms with Crippen molar-refractivity contribution in [2.75, 3.05) is 69.0 Å². The first kappa shape index (κ1) is 24.8. The fourth-order valence-electron chi connectivity index (χ4n) is 5.16. The maximum atomic E-state index is 13.3. The maximum Gasteiger partial charge on any atom is 0.328 e. The third-order valence-electron chi connectivity index (χ3n) is 6.91. The van der Waals surface area contributed by atoms with Gasteiger partial charge in [-0.1, -0.05) is 22.9 Å². The van der Waals surface area contributed by atoms with Crippen LogP contribution in [-0.4, -0.2) is 85.5 Å². The lowest BCUT2D eigenvalue weighted by atomic mass is 9.81. The number of anilines is 2. The number of hydrogen-bond donors (Lipinski definition) is 1. The molecule has 5 rings (SSSR count). The molecule has 2 fully saturated rings. The van der Waals surface area contributed by atoms with Gasteiger partial charge in [-0.25, -0.2) is 9.78 Å². The number of rotatable bonds is 6. The highest BCUT2D eigenvalue weighted by Crippen LogP contribution is 2.47. The Labute approximate surface area is 218 Å². The second kappa shape index (κ2) is 10.6. The highest BCUT2D eigenvalue weighted by molar-refractivity contribution is 8.01. The van der Waals surface area contributed by atoms with Gasteiger partial charge in [-0.15, -0.1) is 11.8 Å². The summed E-state index contributed by atoms with van der Waals surface area (Å²) in [6.45, 7) is 5.20. The van der Waals surface area contributed by atoms with Gasteiger partial charge >= 0.3 is 6.03 Å². The summed E-state index contributed by atoms with van der Waals surface area (Å²) >= 11 is 9.46. The van der Waals surface area contributed by atoms with Gasteiger partial charge in [-0.3, -0.25) is 15.0 Å². The van der Waals surface area contributed by atoms with Crippen LogP contribution in [0.1, 0.15) is 24.8 Å². The molecule has 1 atom stereocenters. The number of thioether (sulfide) groups is 1. The third-order valence-corrected chi connectivity index (χ3v) is 9.34. The highest BCUT2D eigenvalue weighted by atomic mass is 35.5. The minimum absolute atomic E-state index is 0.0745. The van der Waals surface area contributed by atoms with E-state index >= 15 is 0 Å². The molecule has 3 aliphatic heterocycles. The Hall–Kier alpha value is -1.85. The Morgan fingerprint density at radius 2 is 2.09 bits per heavy atom. The summed E-state index contributed by atoms with van der Waals surface area (Å²) in [4.78, 5) is 36.0. The van der Waals surface area contributed by atoms with E-state index in [1.165, 1.54) is 11.3 Å². The number of carbonyl (C=O) groups excluding carboxylic acids is 2. The molecule has 3 aliphatic rings. The van der Waals surface area contributed by atoms with Crippen molar-refractivity contribution in [2.24, 2.45) is 0 Å². The number of nitrogens with one attached hydrogen (secondary N) is 1. The average molecular weight is 536 g/mol. The maximum absolute atomic E-state index is 13.3. The number of carbonyl (C=O) groups is 2. The molecule has 2 aromatic rings. The number of morpholine rings is 1. The van der Waals surface area contributed by atoms with Gasteiger partial charge in [0.1, 0.15) is 0 Å². The number of fused-ring (bicyclic) bond motifs is 2. The van der Waals surface area contributed by atoms with Gasteiger partial charge in [0.05, 0.1) is 23.6 Å². The Kier molecular flexibility index (Phi) is 7.55. The van der Waals surface area contributed by atoms with Crippen molar-refractivity contribution in [1.29, 1.82) is 0 Å². The summed E-state index contributed by atoms with van der Waals surface area (Å²) in [5.74, 6) is 1.03. The Balaban J connectivity index is 1.15. The van der Waals surface area contributed by atoms with Crippen LogP contribution < -0.4 is 10.2 Å². The van der Waals surface area contributed by atoms with Crippen LogP contribution in [0.4, 0.5) is 15.6 Å². The fourth-order valence-corrected chi connectivity index (χ4v) is 7.21. The molecule has 0 bridgehead atoms. The first-order valence-corrected chi connectivity index (χ1v) is 14.1. The number of aromatic nitrogens is 1. The zero-order valence-electron chi connectivity index (χ0n) is 19.8. The van der Waals surface area contributed by atoms with E-state index in [9.17, 15) is 9.59 Å². The smallest absolute Gasteiger partial charge is 0.328 e. The van der Waals surface area contributed by atoms with E-state index in [4.69, 9.17) is 16.3 Å². The number of urea groups is 1. The van der Waals surface area contributed by atoms with Crippen LogP contribution in [0.15, 0.2) is 28.6 Å². The minimum atomic E-state index is -0.165. The zero-order chi connectivity index (χ0) is 24.4. The molecule has 1 aromatic carbocycles. The molecule has 11 heteroatoms. The topological polar surface area (TPSA) is 78.0 Å². The molecular weight excluding hydrogens is 506 g/mol. The normalized spacial score (nSPS) is 22.1. The molecule has 188 valence electrons. The molecule has 0 aliphatic carbocycles. The number of halogens is 1. The highest BCUT2D eigenvalue weighted by Gasteiger charge is 2.48. The minimum Gasteiger partial charge on any atom is -0.378 e. The van der Waals surface area contributed by atoms with Crippen molar-refractivity contribution < 1.29 is 14.3 Å². The van der Waals surface area contributed by atoms with Gasteiger partial charge in [-0.2, -0.15) is 0 Å². The molecule has 4 heterocycles. The van der Waals surface area contributed by atoms with E-state index in [0.29, 0.717) is 49.4 Å². The summed E-state index contributed by atoms with van der Waals surface area (Å²) in [7, 11) is 2.12. The molecule has 1 aromatic heterocycles. The van der Waals surface area contributed by atoms with Crippen LogP contribution in [0.5, 0.6) is 0 Å². The summed E-state index contributed by atoms with van der Waals surface area (Å²) in [5, 5.41) is 4.28. The van der Waals surface area contributed by atoms with Crippen molar-refractivity contribution in [3.05, 3.63) is 35.0 Å². The quantitative estimate of drug-likeness (QED) is 0.442. The van der Waals surface area contributed by atoms with E-state index in [1.54, 1.807) is 18.0 Å². The standard InChI is InChI=1S/C24H30ClN5O3S2/c1-28-7-6-24(15-28)16-30(19-5-4-17(25)13-18(19)24)23(32)27-22-26-14-21(35-22)34-12-2-3-20(31)29-8-10-33-11-9-29/h4-5,13-14H,2-3,6-12,15-16H2,1H3,(H,26,27,32). The summed E-state index contributed by atoms with van der Waals surface area (Å²) in [5.41, 5.74) is 2.01. The predicted octanol–water partition coefficient (Wildman–Crippen LogP) is 4.15. The van der Waals surface area contributed by atoms with E-state index < -0.39 is 0 Å². The SMILES string of the molecule is CN1CCC2(C1)CN(C(=O)Nc1ncc(SCCCC(=O)N3CCOCC3)s1)c1ccc(Cl)cc12. The van der Waals surface area contributed by atoms with Crippen molar-refractivity contribution >= 4 is 57.5 Å². The van der Waals surface area contributed by atoms with Gasteiger partial charge in [0.25, 0.3) is 0 Å². The monoisotopic (exact) mass is 535 g/mol. The molecule has 1 N–H and O–H groups in total. The molecule has 35 heavy (non-hydrogen) atoms. The van der Waals surface area contributed by atoms with Gasteiger partial charge in [0.15, 0.2) is 5.13 Å². The predicted molar refractivity (Wildman–Crippen MR) is 141 cm³/mol. The molecule has 3 amide bonds. The largest absolute Gasteiger partial charge is 0.378 e. The number of ether oxygens (including phenoxy) is 1. The van der Waals surface area contributed by atoms with Crippen molar-refractivity contribution in [3.63, 3.8) is 0 Å². The first-order valence-electron chi connectivity index (χ1n) is 11.9. The average Bonchev–Trinajstić information content (AvgIpc) is 3.55. The van der Waals surface area contributed by atoms with Crippen LogP contribution in [0, 0.1) is 0 Å².